The zero-order valence-corrected chi connectivity index (χ0v) is 21.6. The number of rotatable bonds is 5. The smallest absolute Gasteiger partial charge is 0.295 e. The summed E-state index contributed by atoms with van der Waals surface area (Å²) in [5, 5.41) is 13.5. The highest BCUT2D eigenvalue weighted by molar-refractivity contribution is 7.10. The summed E-state index contributed by atoms with van der Waals surface area (Å²) in [5.74, 6) is -0.428. The maximum atomic E-state index is 13.4. The molecule has 1 saturated carbocycles. The van der Waals surface area contributed by atoms with Crippen molar-refractivity contribution in [1.29, 1.82) is 0 Å². The topological polar surface area (TPSA) is 66.8 Å². The second kappa shape index (κ2) is 9.57. The van der Waals surface area contributed by atoms with Crippen molar-refractivity contribution >= 4 is 28.8 Å². The fraction of sp³-hybridized carbons (Fsp3) is 0.500. The number of aliphatic hydroxyl groups is 1. The highest BCUT2D eigenvalue weighted by Crippen LogP contribution is 2.46. The van der Waals surface area contributed by atoms with Gasteiger partial charge in [-0.15, -0.1) is 11.3 Å². The number of carbonyl (C=O) groups excluding carboxylic acids is 2. The fourth-order valence-electron chi connectivity index (χ4n) is 5.21. The van der Waals surface area contributed by atoms with Crippen LogP contribution in [0.2, 0.25) is 0 Å². The number of thiophene rings is 1. The molecule has 2 fully saturated rings. The van der Waals surface area contributed by atoms with Crippen LogP contribution in [0, 0.1) is 6.92 Å². The van der Waals surface area contributed by atoms with E-state index in [1.54, 1.807) is 22.3 Å². The molecule has 1 atom stereocenters. The minimum atomic E-state index is -0.591. The van der Waals surface area contributed by atoms with Crippen molar-refractivity contribution in [2.24, 2.45) is 0 Å². The minimum Gasteiger partial charge on any atom is -0.507 e. The Morgan fingerprint density at radius 2 is 1.85 bits per heavy atom. The molecule has 182 valence electrons. The summed E-state index contributed by atoms with van der Waals surface area (Å²) in [7, 11) is 0. The maximum Gasteiger partial charge on any atom is 0.295 e. The van der Waals surface area contributed by atoms with Crippen molar-refractivity contribution in [3.05, 3.63) is 56.8 Å². The van der Waals surface area contributed by atoms with Crippen LogP contribution in [0.3, 0.4) is 0 Å². The molecule has 34 heavy (non-hydrogen) atoms. The average Bonchev–Trinajstić information content (AvgIpc) is 3.34. The molecule has 2 aromatic rings. The van der Waals surface area contributed by atoms with Crippen LogP contribution < -0.4 is 4.74 Å². The molecule has 1 N–H and O–H groups in total. The molecule has 0 radical (unpaired) electrons. The Labute approximate surface area is 206 Å². The van der Waals surface area contributed by atoms with Gasteiger partial charge >= 0.3 is 0 Å². The Hall–Kier alpha value is -2.60. The summed E-state index contributed by atoms with van der Waals surface area (Å²) in [5.41, 5.74) is 2.49. The normalized spacial score (nSPS) is 21.3. The van der Waals surface area contributed by atoms with E-state index in [2.05, 4.69) is 20.8 Å². The van der Waals surface area contributed by atoms with Gasteiger partial charge in [-0.05, 0) is 67.3 Å². The van der Waals surface area contributed by atoms with E-state index >= 15 is 0 Å². The second-order valence-corrected chi connectivity index (χ2v) is 11.3. The van der Waals surface area contributed by atoms with Crippen LogP contribution in [-0.2, 0) is 15.0 Å². The van der Waals surface area contributed by atoms with E-state index in [4.69, 9.17) is 4.74 Å². The summed E-state index contributed by atoms with van der Waals surface area (Å²) in [6.45, 7) is 10.7. The Balaban J connectivity index is 1.88. The Morgan fingerprint density at radius 3 is 2.44 bits per heavy atom. The maximum absolute atomic E-state index is 13.4. The lowest BCUT2D eigenvalue weighted by Crippen LogP contribution is -2.40. The van der Waals surface area contributed by atoms with Gasteiger partial charge in [0.15, 0.2) is 0 Å². The highest BCUT2D eigenvalue weighted by atomic mass is 32.1. The summed E-state index contributed by atoms with van der Waals surface area (Å²) in [4.78, 5) is 29.5. The van der Waals surface area contributed by atoms with Gasteiger partial charge in [0.2, 0.25) is 0 Å². The number of aliphatic hydroxyl groups excluding tert-OH is 1. The molecular weight excluding hydrogens is 446 g/mol. The van der Waals surface area contributed by atoms with Crippen molar-refractivity contribution in [1.82, 2.24) is 4.90 Å². The van der Waals surface area contributed by atoms with Crippen molar-refractivity contribution < 1.29 is 19.4 Å². The number of aryl methyl sites for hydroxylation is 1. The van der Waals surface area contributed by atoms with Gasteiger partial charge in [0.05, 0.1) is 12.2 Å². The van der Waals surface area contributed by atoms with Crippen LogP contribution in [0.4, 0.5) is 0 Å². The number of hydrogen-bond acceptors (Lipinski definition) is 5. The molecular formula is C28H35NO4S. The van der Waals surface area contributed by atoms with Crippen LogP contribution >= 0.6 is 11.3 Å². The SMILES string of the molecule is CCOc1ccc(/C(O)=C2/C(=O)C(=O)N(C3CCCCC3)C2c2sccc2C)cc1C(C)(C)C. The van der Waals surface area contributed by atoms with E-state index < -0.39 is 17.7 Å². The second-order valence-electron chi connectivity index (χ2n) is 10.4. The molecule has 4 rings (SSSR count). The van der Waals surface area contributed by atoms with Gasteiger partial charge in [0.1, 0.15) is 17.6 Å². The molecule has 2 heterocycles. The Kier molecular flexibility index (Phi) is 6.90. The van der Waals surface area contributed by atoms with E-state index in [1.807, 2.05) is 37.4 Å². The summed E-state index contributed by atoms with van der Waals surface area (Å²) >= 11 is 1.54. The third-order valence-corrected chi connectivity index (χ3v) is 8.03. The van der Waals surface area contributed by atoms with Crippen molar-refractivity contribution in [2.45, 2.75) is 84.2 Å². The number of Topliss-reactive ketones (excluding diaryl/α,β-unsaturated/α-hetero) is 1. The Bertz CT molecular complexity index is 1120. The van der Waals surface area contributed by atoms with Crippen LogP contribution in [0.1, 0.15) is 87.4 Å². The van der Waals surface area contributed by atoms with Crippen molar-refractivity contribution in [3.8, 4) is 5.75 Å². The van der Waals surface area contributed by atoms with Gasteiger partial charge in [-0.25, -0.2) is 0 Å². The van der Waals surface area contributed by atoms with Crippen molar-refractivity contribution in [2.75, 3.05) is 6.61 Å². The third-order valence-electron chi connectivity index (χ3n) is 6.96. The summed E-state index contributed by atoms with van der Waals surface area (Å²) in [6, 6.07) is 7.01. The first-order valence-electron chi connectivity index (χ1n) is 12.3. The van der Waals surface area contributed by atoms with Gasteiger partial charge in [-0.1, -0.05) is 40.0 Å². The zero-order chi connectivity index (χ0) is 24.6. The van der Waals surface area contributed by atoms with Crippen LogP contribution in [-0.4, -0.2) is 34.3 Å². The van der Waals surface area contributed by atoms with Gasteiger partial charge in [0.25, 0.3) is 11.7 Å². The number of ether oxygens (including phenoxy) is 1. The number of benzene rings is 1. The largest absolute Gasteiger partial charge is 0.507 e. The molecule has 1 saturated heterocycles. The number of hydrogen-bond donors (Lipinski definition) is 1. The zero-order valence-electron chi connectivity index (χ0n) is 20.8. The number of ketones is 1. The summed E-state index contributed by atoms with van der Waals surface area (Å²) in [6.07, 6.45) is 5.05. The average molecular weight is 482 g/mol. The van der Waals surface area contributed by atoms with Crippen LogP contribution in [0.15, 0.2) is 35.2 Å². The first-order valence-corrected chi connectivity index (χ1v) is 13.1. The minimum absolute atomic E-state index is 0.0208. The fourth-order valence-corrected chi connectivity index (χ4v) is 6.24. The van der Waals surface area contributed by atoms with E-state index in [1.165, 1.54) is 0 Å². The molecule has 1 unspecified atom stereocenters. The van der Waals surface area contributed by atoms with E-state index in [-0.39, 0.29) is 22.8 Å². The monoisotopic (exact) mass is 481 g/mol. The van der Waals surface area contributed by atoms with Gasteiger partial charge < -0.3 is 14.7 Å². The molecule has 1 aliphatic heterocycles. The number of nitrogens with zero attached hydrogens (tertiary/aromatic N) is 1. The van der Waals surface area contributed by atoms with E-state index in [9.17, 15) is 14.7 Å². The molecule has 1 amide bonds. The molecule has 0 bridgehead atoms. The van der Waals surface area contributed by atoms with Gasteiger partial charge in [-0.3, -0.25) is 9.59 Å². The number of likely N-dealkylation sites (tertiary alicyclic amines) is 1. The molecule has 0 spiro atoms. The van der Waals surface area contributed by atoms with E-state index in [0.717, 1.165) is 53.9 Å². The predicted molar refractivity (Wildman–Crippen MR) is 136 cm³/mol. The predicted octanol–water partition coefficient (Wildman–Crippen LogP) is 6.51. The van der Waals surface area contributed by atoms with Gasteiger partial charge in [-0.2, -0.15) is 0 Å². The lowest BCUT2D eigenvalue weighted by Gasteiger charge is -2.35. The first-order chi connectivity index (χ1) is 16.1. The van der Waals surface area contributed by atoms with Gasteiger partial charge in [0, 0.05) is 22.0 Å². The lowest BCUT2D eigenvalue weighted by atomic mass is 9.84. The van der Waals surface area contributed by atoms with Crippen molar-refractivity contribution in [3.63, 3.8) is 0 Å². The van der Waals surface area contributed by atoms with E-state index in [0.29, 0.717) is 12.2 Å². The molecule has 6 heteroatoms. The summed E-state index contributed by atoms with van der Waals surface area (Å²) < 4.78 is 5.83. The number of carbonyl (C=O) groups is 2. The standard InChI is InChI=1S/C28H35NO4S/c1-6-33-21-13-12-18(16-20(21)28(3,4)5)24(30)22-23(26-17(2)14-15-34-26)29(27(32)25(22)31)19-10-8-7-9-11-19/h12-16,19,23,30H,6-11H2,1-5H3/b24-22-. The first kappa shape index (κ1) is 24.5. The Morgan fingerprint density at radius 1 is 1.15 bits per heavy atom. The molecule has 1 aliphatic carbocycles. The van der Waals surface area contributed by atoms with Crippen LogP contribution in [0.25, 0.3) is 5.76 Å². The molecule has 1 aromatic carbocycles. The highest BCUT2D eigenvalue weighted by Gasteiger charge is 2.49. The quantitative estimate of drug-likeness (QED) is 0.300. The molecule has 5 nitrogen and oxygen atoms in total. The molecule has 2 aliphatic rings. The third kappa shape index (κ3) is 4.40. The van der Waals surface area contributed by atoms with Crippen LogP contribution in [0.5, 0.6) is 5.75 Å². The lowest BCUT2D eigenvalue weighted by molar-refractivity contribution is -0.141. The molecule has 1 aromatic heterocycles. The number of amides is 1.